The van der Waals surface area contributed by atoms with Crippen molar-refractivity contribution in [3.8, 4) is 0 Å². The first-order valence-corrected chi connectivity index (χ1v) is 5.00. The maximum Gasteiger partial charge on any atom is 0.471 e. The zero-order valence-corrected chi connectivity index (χ0v) is 8.66. The molecule has 1 spiro atoms. The van der Waals surface area contributed by atoms with Crippen molar-refractivity contribution in [1.29, 1.82) is 0 Å². The highest BCUT2D eigenvalue weighted by Crippen LogP contribution is 2.39. The van der Waals surface area contributed by atoms with Crippen molar-refractivity contribution < 1.29 is 32.6 Å². The number of hydrogen-bond acceptors (Lipinski definition) is 3. The molecule has 1 amide bonds. The molecule has 0 aromatic carbocycles. The summed E-state index contributed by atoms with van der Waals surface area (Å²) >= 11 is 0. The minimum Gasteiger partial charge on any atom is -0.479 e. The van der Waals surface area contributed by atoms with Crippen LogP contribution in [0.2, 0.25) is 0 Å². The van der Waals surface area contributed by atoms with Crippen molar-refractivity contribution in [2.45, 2.75) is 30.7 Å². The maximum atomic E-state index is 12.1. The van der Waals surface area contributed by atoms with Gasteiger partial charge in [0.15, 0.2) is 6.10 Å². The number of halogens is 3. The van der Waals surface area contributed by atoms with Crippen LogP contribution in [0, 0.1) is 0 Å². The molecule has 2 saturated heterocycles. The lowest BCUT2D eigenvalue weighted by molar-refractivity contribution is -0.208. The van der Waals surface area contributed by atoms with Crippen LogP contribution in [0.3, 0.4) is 0 Å². The highest BCUT2D eigenvalue weighted by Gasteiger charge is 2.56. The summed E-state index contributed by atoms with van der Waals surface area (Å²) in [5, 5.41) is 8.68. The van der Waals surface area contributed by atoms with E-state index in [1.165, 1.54) is 0 Å². The number of rotatable bonds is 1. The Labute approximate surface area is 94.1 Å². The summed E-state index contributed by atoms with van der Waals surface area (Å²) in [6, 6.07) is 0. The fourth-order valence-electron chi connectivity index (χ4n) is 2.19. The molecular weight excluding hydrogens is 243 g/mol. The van der Waals surface area contributed by atoms with Gasteiger partial charge in [0, 0.05) is 0 Å². The predicted octanol–water partition coefficient (Wildman–Crippen LogP) is 0.393. The molecule has 8 heteroatoms. The van der Waals surface area contributed by atoms with Crippen LogP contribution < -0.4 is 0 Å². The molecule has 1 N–H and O–H groups in total. The van der Waals surface area contributed by atoms with Crippen LogP contribution in [0.5, 0.6) is 0 Å². The lowest BCUT2D eigenvalue weighted by Crippen LogP contribution is -2.65. The maximum absolute atomic E-state index is 12.1. The normalized spacial score (nSPS) is 27.0. The molecular formula is C9H10F3NO4. The van der Waals surface area contributed by atoms with Crippen molar-refractivity contribution >= 4 is 11.9 Å². The summed E-state index contributed by atoms with van der Waals surface area (Å²) in [4.78, 5) is 22.1. The van der Waals surface area contributed by atoms with Gasteiger partial charge in [-0.2, -0.15) is 13.2 Å². The van der Waals surface area contributed by atoms with E-state index >= 15 is 0 Å². The number of ether oxygens (including phenoxy) is 1. The van der Waals surface area contributed by atoms with Gasteiger partial charge in [-0.1, -0.05) is 0 Å². The van der Waals surface area contributed by atoms with E-state index < -0.39 is 29.8 Å². The van der Waals surface area contributed by atoms with E-state index in [-0.39, 0.29) is 19.5 Å². The standard InChI is InChI=1S/C9H10F3NO4/c10-9(11,12)7(16)13-3-8(4-13)2-1-5(17-8)6(14)15/h5H,1-4H2,(H,14,15). The fraction of sp³-hybridized carbons (Fsp3) is 0.778. The predicted molar refractivity (Wildman–Crippen MR) is 47.1 cm³/mol. The lowest BCUT2D eigenvalue weighted by atomic mass is 9.90. The van der Waals surface area contributed by atoms with Gasteiger partial charge in [0.2, 0.25) is 0 Å². The second-order valence-electron chi connectivity index (χ2n) is 4.33. The SMILES string of the molecule is O=C(O)C1CCC2(CN(C(=O)C(F)(F)F)C2)O1. The fourth-order valence-corrected chi connectivity index (χ4v) is 2.19. The second-order valence-corrected chi connectivity index (χ2v) is 4.33. The summed E-state index contributed by atoms with van der Waals surface area (Å²) in [7, 11) is 0. The van der Waals surface area contributed by atoms with E-state index in [9.17, 15) is 22.8 Å². The van der Waals surface area contributed by atoms with Gasteiger partial charge in [-0.05, 0) is 12.8 Å². The summed E-state index contributed by atoms with van der Waals surface area (Å²) in [6.07, 6.45) is -5.22. The van der Waals surface area contributed by atoms with E-state index in [1.807, 2.05) is 0 Å². The third-order valence-electron chi connectivity index (χ3n) is 3.02. The molecule has 0 bridgehead atoms. The minimum absolute atomic E-state index is 0.185. The molecule has 96 valence electrons. The molecule has 17 heavy (non-hydrogen) atoms. The lowest BCUT2D eigenvalue weighted by Gasteiger charge is -2.47. The van der Waals surface area contributed by atoms with Gasteiger partial charge in [0.05, 0.1) is 13.1 Å². The highest BCUT2D eigenvalue weighted by molar-refractivity contribution is 5.83. The molecule has 1 unspecified atom stereocenters. The van der Waals surface area contributed by atoms with Crippen LogP contribution in [-0.4, -0.2) is 52.9 Å². The molecule has 0 aliphatic carbocycles. The first-order valence-electron chi connectivity index (χ1n) is 5.00. The van der Waals surface area contributed by atoms with Crippen LogP contribution in [0.15, 0.2) is 0 Å². The number of alkyl halides is 3. The number of carboxylic acids is 1. The number of carbonyl (C=O) groups is 2. The van der Waals surface area contributed by atoms with Gasteiger partial charge in [-0.3, -0.25) is 4.79 Å². The van der Waals surface area contributed by atoms with Crippen LogP contribution in [0.4, 0.5) is 13.2 Å². The first-order chi connectivity index (χ1) is 7.73. The Morgan fingerprint density at radius 3 is 2.35 bits per heavy atom. The van der Waals surface area contributed by atoms with Gasteiger partial charge in [0.25, 0.3) is 0 Å². The number of amides is 1. The topological polar surface area (TPSA) is 66.8 Å². The summed E-state index contributed by atoms with van der Waals surface area (Å²) in [5.41, 5.74) is -0.885. The molecule has 0 aromatic rings. The van der Waals surface area contributed by atoms with Crippen molar-refractivity contribution in [3.63, 3.8) is 0 Å². The zero-order chi connectivity index (χ0) is 12.8. The summed E-state index contributed by atoms with van der Waals surface area (Å²) in [6.45, 7) is -0.371. The molecule has 2 aliphatic rings. The Morgan fingerprint density at radius 1 is 1.35 bits per heavy atom. The third-order valence-corrected chi connectivity index (χ3v) is 3.02. The van der Waals surface area contributed by atoms with Crippen LogP contribution in [0.1, 0.15) is 12.8 Å². The third kappa shape index (κ3) is 2.08. The quantitative estimate of drug-likeness (QED) is 0.734. The number of hydrogen-bond donors (Lipinski definition) is 1. The average molecular weight is 253 g/mol. The van der Waals surface area contributed by atoms with Crippen LogP contribution in [0.25, 0.3) is 0 Å². The van der Waals surface area contributed by atoms with E-state index in [1.54, 1.807) is 0 Å². The number of aliphatic carboxylic acids is 1. The molecule has 2 heterocycles. The Kier molecular flexibility index (Phi) is 2.57. The smallest absolute Gasteiger partial charge is 0.471 e. The molecule has 0 aromatic heterocycles. The Morgan fingerprint density at radius 2 is 1.94 bits per heavy atom. The summed E-state index contributed by atoms with van der Waals surface area (Å²) in [5.74, 6) is -3.02. The molecule has 2 fully saturated rings. The highest BCUT2D eigenvalue weighted by atomic mass is 19.4. The van der Waals surface area contributed by atoms with E-state index in [0.29, 0.717) is 11.3 Å². The molecule has 1 atom stereocenters. The van der Waals surface area contributed by atoms with Gasteiger partial charge < -0.3 is 14.7 Å². The largest absolute Gasteiger partial charge is 0.479 e. The van der Waals surface area contributed by atoms with Crippen LogP contribution in [-0.2, 0) is 14.3 Å². The number of nitrogens with zero attached hydrogens (tertiary/aromatic N) is 1. The van der Waals surface area contributed by atoms with Crippen molar-refractivity contribution in [3.05, 3.63) is 0 Å². The van der Waals surface area contributed by atoms with Crippen molar-refractivity contribution in [2.75, 3.05) is 13.1 Å². The van der Waals surface area contributed by atoms with E-state index in [0.717, 1.165) is 0 Å². The average Bonchev–Trinajstić information content (AvgIpc) is 2.57. The van der Waals surface area contributed by atoms with Crippen molar-refractivity contribution in [2.24, 2.45) is 0 Å². The number of carboxylic acid groups (broad SMARTS) is 1. The van der Waals surface area contributed by atoms with E-state index in [2.05, 4.69) is 0 Å². The Balaban J connectivity index is 1.91. The first kappa shape index (κ1) is 12.2. The van der Waals surface area contributed by atoms with E-state index in [4.69, 9.17) is 9.84 Å². The van der Waals surface area contributed by atoms with Gasteiger partial charge in [-0.15, -0.1) is 0 Å². The van der Waals surface area contributed by atoms with Gasteiger partial charge in [0.1, 0.15) is 5.60 Å². The van der Waals surface area contributed by atoms with Crippen LogP contribution >= 0.6 is 0 Å². The zero-order valence-electron chi connectivity index (χ0n) is 8.66. The second kappa shape index (κ2) is 3.59. The molecule has 5 nitrogen and oxygen atoms in total. The Bertz CT molecular complexity index is 362. The minimum atomic E-state index is -4.88. The molecule has 2 rings (SSSR count). The summed E-state index contributed by atoms with van der Waals surface area (Å²) < 4.78 is 41.4. The van der Waals surface area contributed by atoms with Crippen molar-refractivity contribution in [1.82, 2.24) is 4.90 Å². The van der Waals surface area contributed by atoms with Gasteiger partial charge in [-0.25, -0.2) is 4.79 Å². The molecule has 2 aliphatic heterocycles. The number of carbonyl (C=O) groups excluding carboxylic acids is 1. The van der Waals surface area contributed by atoms with Gasteiger partial charge >= 0.3 is 18.1 Å². The molecule has 0 radical (unpaired) electrons. The number of likely N-dealkylation sites (tertiary alicyclic amines) is 1. The monoisotopic (exact) mass is 253 g/mol. The Hall–Kier alpha value is -1.31. The molecule has 0 saturated carbocycles.